The molecule has 0 aliphatic heterocycles. The molecule has 23 heavy (non-hydrogen) atoms. The third-order valence-corrected chi connectivity index (χ3v) is 3.40. The number of aromatic nitrogens is 1. The second-order valence-corrected chi connectivity index (χ2v) is 5.24. The zero-order valence-corrected chi connectivity index (χ0v) is 12.5. The van der Waals surface area contributed by atoms with Crippen LogP contribution in [0.25, 0.3) is 0 Å². The van der Waals surface area contributed by atoms with Crippen molar-refractivity contribution in [2.45, 2.75) is 13.3 Å². The van der Waals surface area contributed by atoms with Crippen LogP contribution in [0.4, 0.5) is 18.3 Å². The molecular formula is C12H11BF3N3O3S. The number of aryl methyl sites for hydroxylation is 1. The Bertz CT molecular complexity index is 706. The van der Waals surface area contributed by atoms with E-state index in [-0.39, 0.29) is 0 Å². The van der Waals surface area contributed by atoms with Crippen LogP contribution in [0.15, 0.2) is 28.7 Å². The number of anilines is 1. The largest absolute Gasteiger partial charge is 0.573 e. The van der Waals surface area contributed by atoms with Gasteiger partial charge in [-0.15, -0.1) is 24.5 Å². The van der Waals surface area contributed by atoms with Gasteiger partial charge in [-0.3, -0.25) is 5.43 Å². The Hall–Kier alpha value is -2.11. The molecule has 0 spiro atoms. The van der Waals surface area contributed by atoms with Crippen LogP contribution in [0, 0.1) is 6.92 Å². The van der Waals surface area contributed by atoms with E-state index in [1.807, 2.05) is 12.3 Å². The van der Waals surface area contributed by atoms with E-state index < -0.39 is 24.7 Å². The third-order valence-electron chi connectivity index (χ3n) is 2.53. The van der Waals surface area contributed by atoms with E-state index in [4.69, 9.17) is 0 Å². The van der Waals surface area contributed by atoms with Crippen LogP contribution in [0.2, 0.25) is 0 Å². The van der Waals surface area contributed by atoms with Crippen LogP contribution in [0.1, 0.15) is 11.3 Å². The molecule has 0 fully saturated rings. The highest BCUT2D eigenvalue weighted by atomic mass is 32.1. The molecule has 0 saturated heterocycles. The van der Waals surface area contributed by atoms with Crippen molar-refractivity contribution < 1.29 is 28.0 Å². The van der Waals surface area contributed by atoms with Crippen molar-refractivity contribution >= 4 is 35.3 Å². The van der Waals surface area contributed by atoms with Crippen molar-refractivity contribution in [2.24, 2.45) is 5.10 Å². The molecule has 0 saturated carbocycles. The maximum atomic E-state index is 12.3. The van der Waals surface area contributed by atoms with Crippen LogP contribution in [0.5, 0.6) is 5.75 Å². The predicted molar refractivity (Wildman–Crippen MR) is 81.0 cm³/mol. The number of nitrogens with one attached hydrogen (secondary N) is 1. The van der Waals surface area contributed by atoms with Crippen LogP contribution in [0.3, 0.4) is 0 Å². The molecule has 0 radical (unpaired) electrons. The minimum atomic E-state index is -4.93. The Balaban J connectivity index is 2.15. The van der Waals surface area contributed by atoms with Gasteiger partial charge in [-0.05, 0) is 30.7 Å². The number of ether oxygens (including phenoxy) is 1. The number of alkyl halides is 3. The minimum absolute atomic E-state index is 0.350. The molecule has 11 heteroatoms. The molecule has 1 heterocycles. The fourth-order valence-electron chi connectivity index (χ4n) is 1.63. The molecule has 0 unspecified atom stereocenters. The lowest BCUT2D eigenvalue weighted by atomic mass is 9.79. The molecule has 0 aliphatic rings. The first-order valence-corrected chi connectivity index (χ1v) is 7.09. The van der Waals surface area contributed by atoms with Gasteiger partial charge < -0.3 is 14.8 Å². The van der Waals surface area contributed by atoms with Gasteiger partial charge >= 0.3 is 13.5 Å². The summed E-state index contributed by atoms with van der Waals surface area (Å²) in [5.41, 5.74) is 3.41. The first kappa shape index (κ1) is 17.3. The third kappa shape index (κ3) is 5.23. The number of thiazole rings is 1. The highest BCUT2D eigenvalue weighted by Crippen LogP contribution is 2.21. The van der Waals surface area contributed by atoms with Gasteiger partial charge in [0, 0.05) is 10.8 Å². The van der Waals surface area contributed by atoms with Gasteiger partial charge in [0.25, 0.3) is 0 Å². The monoisotopic (exact) mass is 345 g/mol. The summed E-state index contributed by atoms with van der Waals surface area (Å²) < 4.78 is 40.5. The molecule has 0 atom stereocenters. The molecule has 2 aromatic rings. The van der Waals surface area contributed by atoms with E-state index in [9.17, 15) is 23.2 Å². The quantitative estimate of drug-likeness (QED) is 0.434. The maximum Gasteiger partial charge on any atom is 0.573 e. The topological polar surface area (TPSA) is 87.0 Å². The highest BCUT2D eigenvalue weighted by Gasteiger charge is 2.33. The maximum absolute atomic E-state index is 12.3. The summed E-state index contributed by atoms with van der Waals surface area (Å²) in [4.78, 5) is 4.11. The second kappa shape index (κ2) is 6.98. The van der Waals surface area contributed by atoms with Crippen molar-refractivity contribution in [1.82, 2.24) is 4.98 Å². The normalized spacial score (nSPS) is 11.7. The second-order valence-electron chi connectivity index (χ2n) is 4.38. The number of nitrogens with zero attached hydrogens (tertiary/aromatic N) is 2. The summed E-state index contributed by atoms with van der Waals surface area (Å²) in [6, 6.07) is 3.41. The highest BCUT2D eigenvalue weighted by molar-refractivity contribution is 7.13. The Morgan fingerprint density at radius 3 is 2.70 bits per heavy atom. The van der Waals surface area contributed by atoms with Crippen LogP contribution < -0.4 is 15.6 Å². The van der Waals surface area contributed by atoms with E-state index in [1.165, 1.54) is 23.6 Å². The summed E-state index contributed by atoms with van der Waals surface area (Å²) in [5, 5.41) is 24.6. The molecule has 0 amide bonds. The molecular weight excluding hydrogens is 334 g/mol. The molecule has 1 aromatic carbocycles. The number of hydrazone groups is 1. The average Bonchev–Trinajstić information content (AvgIpc) is 2.84. The summed E-state index contributed by atoms with van der Waals surface area (Å²) in [6.45, 7) is 1.82. The van der Waals surface area contributed by atoms with E-state index in [1.54, 1.807) is 0 Å². The van der Waals surface area contributed by atoms with E-state index in [0.29, 0.717) is 10.7 Å². The smallest absolute Gasteiger partial charge is 0.423 e. The number of rotatable bonds is 5. The van der Waals surface area contributed by atoms with Gasteiger partial charge in [0.1, 0.15) is 5.75 Å². The van der Waals surface area contributed by atoms with Gasteiger partial charge in [-0.2, -0.15) is 5.10 Å². The lowest BCUT2D eigenvalue weighted by Crippen LogP contribution is -2.34. The number of halogens is 3. The van der Waals surface area contributed by atoms with Gasteiger partial charge in [0.05, 0.1) is 11.9 Å². The Morgan fingerprint density at radius 1 is 1.39 bits per heavy atom. The molecule has 1 aromatic heterocycles. The molecule has 2 rings (SSSR count). The van der Waals surface area contributed by atoms with Gasteiger partial charge in [0.2, 0.25) is 5.13 Å². The van der Waals surface area contributed by atoms with E-state index in [2.05, 4.69) is 20.2 Å². The van der Waals surface area contributed by atoms with Gasteiger partial charge in [0.15, 0.2) is 0 Å². The van der Waals surface area contributed by atoms with Crippen molar-refractivity contribution in [3.63, 3.8) is 0 Å². The fraction of sp³-hybridized carbons (Fsp3) is 0.167. The first-order chi connectivity index (χ1) is 10.7. The van der Waals surface area contributed by atoms with Crippen molar-refractivity contribution in [3.05, 3.63) is 34.8 Å². The summed E-state index contributed by atoms with van der Waals surface area (Å²) in [5.74, 6) is -0.687. The summed E-state index contributed by atoms with van der Waals surface area (Å²) in [6.07, 6.45) is -3.62. The van der Waals surface area contributed by atoms with Crippen LogP contribution >= 0.6 is 11.3 Å². The van der Waals surface area contributed by atoms with Gasteiger partial charge in [-0.25, -0.2) is 4.98 Å². The first-order valence-electron chi connectivity index (χ1n) is 6.21. The Labute approximate surface area is 133 Å². The average molecular weight is 345 g/mol. The summed E-state index contributed by atoms with van der Waals surface area (Å²) >= 11 is 1.34. The van der Waals surface area contributed by atoms with E-state index in [0.717, 1.165) is 17.8 Å². The standard InChI is InChI=1S/C12H11BF3N3O3S/c1-7-6-23-11(18-7)19-17-5-8-2-3-10(22-12(14,15)16)9(4-8)13(20)21/h2-6,20-21H,1H3,(H,18,19). The SMILES string of the molecule is Cc1csc(NN=Cc2ccc(OC(F)(F)F)c(B(O)O)c2)n1. The molecule has 0 bridgehead atoms. The fourth-order valence-corrected chi connectivity index (χ4v) is 2.27. The van der Waals surface area contributed by atoms with Crippen LogP contribution in [-0.4, -0.2) is 34.7 Å². The van der Waals surface area contributed by atoms with Crippen molar-refractivity contribution in [1.29, 1.82) is 0 Å². The van der Waals surface area contributed by atoms with Crippen LogP contribution in [-0.2, 0) is 0 Å². The molecule has 0 aliphatic carbocycles. The summed E-state index contributed by atoms with van der Waals surface area (Å²) in [7, 11) is -2.12. The molecule has 3 N–H and O–H groups in total. The number of benzene rings is 1. The lowest BCUT2D eigenvalue weighted by Gasteiger charge is -2.13. The number of hydrogen-bond donors (Lipinski definition) is 3. The van der Waals surface area contributed by atoms with Crippen molar-refractivity contribution in [2.75, 3.05) is 5.43 Å². The lowest BCUT2D eigenvalue weighted by molar-refractivity contribution is -0.274. The predicted octanol–water partition coefficient (Wildman–Crippen LogP) is 1.48. The molecule has 122 valence electrons. The minimum Gasteiger partial charge on any atom is -0.423 e. The molecule has 6 nitrogen and oxygen atoms in total. The van der Waals surface area contributed by atoms with Crippen molar-refractivity contribution in [3.8, 4) is 5.75 Å². The Kier molecular flexibility index (Phi) is 5.24. The Morgan fingerprint density at radius 2 is 2.13 bits per heavy atom. The van der Waals surface area contributed by atoms with Gasteiger partial charge in [-0.1, -0.05) is 0 Å². The zero-order chi connectivity index (χ0) is 17.0. The number of hydrogen-bond acceptors (Lipinski definition) is 7. The van der Waals surface area contributed by atoms with E-state index >= 15 is 0 Å². The zero-order valence-electron chi connectivity index (χ0n) is 11.7.